The Morgan fingerprint density at radius 2 is 2.33 bits per heavy atom. The van der Waals surface area contributed by atoms with Crippen LogP contribution in [-0.2, 0) is 4.57 Å². The molecule has 9 heavy (non-hydrogen) atoms. The van der Waals surface area contributed by atoms with E-state index in [1.165, 1.54) is 0 Å². The number of hydrogen-bond donors (Lipinski definition) is 1. The first-order chi connectivity index (χ1) is 4.18. The van der Waals surface area contributed by atoms with E-state index in [1.807, 2.05) is 6.92 Å². The third-order valence-electron chi connectivity index (χ3n) is 1.13. The molecule has 0 radical (unpaired) electrons. The fraction of sp³-hybridized carbons (Fsp3) is 0.667. The molecule has 0 aliphatic heterocycles. The van der Waals surface area contributed by atoms with Crippen molar-refractivity contribution < 1.29 is 9.46 Å². The van der Waals surface area contributed by atoms with Gasteiger partial charge < -0.3 is 4.89 Å². The maximum absolute atomic E-state index is 10.3. The Balaban J connectivity index is 3.39. The molecule has 0 aromatic heterocycles. The van der Waals surface area contributed by atoms with Gasteiger partial charge in [0.1, 0.15) is 0 Å². The fourth-order valence-corrected chi connectivity index (χ4v) is 0.888. The zero-order valence-corrected chi connectivity index (χ0v) is 6.68. The van der Waals surface area contributed by atoms with Gasteiger partial charge >= 0.3 is 0 Å². The zero-order chi connectivity index (χ0) is 7.28. The third kappa shape index (κ3) is 4.43. The van der Waals surface area contributed by atoms with Crippen molar-refractivity contribution in [3.63, 3.8) is 0 Å². The first-order valence-corrected chi connectivity index (χ1v) is 4.45. The molecular formula is C6H13O2P. The standard InChI is InChI=1S/C6H13O2P/c1-3-4-5-6(2)9(7)8/h9H,2-5H2,1H3,(H,7,8). The fourth-order valence-electron chi connectivity index (χ4n) is 0.497. The lowest BCUT2D eigenvalue weighted by Crippen LogP contribution is -1.73. The normalized spacial score (nSPS) is 13.1. The molecule has 1 N–H and O–H groups in total. The Hall–Kier alpha value is -0.0700. The van der Waals surface area contributed by atoms with Gasteiger partial charge in [-0.3, -0.25) is 4.57 Å². The van der Waals surface area contributed by atoms with Crippen LogP contribution in [0.5, 0.6) is 0 Å². The van der Waals surface area contributed by atoms with Crippen LogP contribution < -0.4 is 0 Å². The first kappa shape index (κ1) is 8.93. The average molecular weight is 148 g/mol. The van der Waals surface area contributed by atoms with E-state index in [4.69, 9.17) is 4.89 Å². The van der Waals surface area contributed by atoms with E-state index in [2.05, 4.69) is 6.58 Å². The van der Waals surface area contributed by atoms with Crippen LogP contribution in [0.3, 0.4) is 0 Å². The Kier molecular flexibility index (Phi) is 4.74. The molecule has 0 heterocycles. The van der Waals surface area contributed by atoms with Crippen LogP contribution in [0.2, 0.25) is 0 Å². The van der Waals surface area contributed by atoms with Crippen LogP contribution in [0, 0.1) is 0 Å². The van der Waals surface area contributed by atoms with Gasteiger partial charge in [0.25, 0.3) is 0 Å². The lowest BCUT2D eigenvalue weighted by Gasteiger charge is -1.96. The van der Waals surface area contributed by atoms with Gasteiger partial charge in [-0.05, 0) is 12.8 Å². The highest BCUT2D eigenvalue weighted by atomic mass is 31.1. The van der Waals surface area contributed by atoms with Crippen LogP contribution in [0.15, 0.2) is 11.9 Å². The summed E-state index contributed by atoms with van der Waals surface area (Å²) in [4.78, 5) is 8.49. The minimum atomic E-state index is -2.43. The summed E-state index contributed by atoms with van der Waals surface area (Å²) in [6, 6.07) is 0. The van der Waals surface area contributed by atoms with E-state index in [9.17, 15) is 4.57 Å². The van der Waals surface area contributed by atoms with Gasteiger partial charge in [-0.25, -0.2) is 0 Å². The Morgan fingerprint density at radius 1 is 1.78 bits per heavy atom. The molecule has 0 amide bonds. The summed E-state index contributed by atoms with van der Waals surface area (Å²) >= 11 is 0. The quantitative estimate of drug-likeness (QED) is 0.620. The average Bonchev–Trinajstić information content (AvgIpc) is 1.82. The molecule has 54 valence electrons. The molecule has 0 aliphatic carbocycles. The highest BCUT2D eigenvalue weighted by molar-refractivity contribution is 7.43. The van der Waals surface area contributed by atoms with Crippen LogP contribution in [0.1, 0.15) is 26.2 Å². The van der Waals surface area contributed by atoms with Crippen molar-refractivity contribution in [2.75, 3.05) is 0 Å². The van der Waals surface area contributed by atoms with Crippen molar-refractivity contribution in [1.29, 1.82) is 0 Å². The molecule has 0 spiro atoms. The van der Waals surface area contributed by atoms with E-state index in [1.54, 1.807) is 0 Å². The summed E-state index contributed by atoms with van der Waals surface area (Å²) in [5.74, 6) is 0. The molecule has 1 atom stereocenters. The number of unbranched alkanes of at least 4 members (excludes halogenated alkanes) is 1. The van der Waals surface area contributed by atoms with E-state index >= 15 is 0 Å². The summed E-state index contributed by atoms with van der Waals surface area (Å²) < 4.78 is 10.3. The molecule has 3 heteroatoms. The van der Waals surface area contributed by atoms with Gasteiger partial charge in [-0.1, -0.05) is 19.9 Å². The second kappa shape index (κ2) is 4.78. The minimum absolute atomic E-state index is 0.502. The van der Waals surface area contributed by atoms with Crippen molar-refractivity contribution >= 4 is 8.03 Å². The van der Waals surface area contributed by atoms with Gasteiger partial charge in [0.05, 0.1) is 0 Å². The highest BCUT2D eigenvalue weighted by Gasteiger charge is 1.97. The maximum atomic E-state index is 10.3. The molecule has 0 rings (SSSR count). The van der Waals surface area contributed by atoms with Crippen molar-refractivity contribution in [2.45, 2.75) is 26.2 Å². The molecule has 0 bridgehead atoms. The molecular weight excluding hydrogens is 135 g/mol. The number of allylic oxidation sites excluding steroid dienone is 1. The lowest BCUT2D eigenvalue weighted by atomic mass is 10.2. The minimum Gasteiger partial charge on any atom is -0.343 e. The van der Waals surface area contributed by atoms with Crippen molar-refractivity contribution in [2.24, 2.45) is 0 Å². The molecule has 0 aliphatic rings. The first-order valence-electron chi connectivity index (χ1n) is 3.09. The van der Waals surface area contributed by atoms with Gasteiger partial charge in [-0.2, -0.15) is 0 Å². The van der Waals surface area contributed by atoms with Crippen molar-refractivity contribution in [3.05, 3.63) is 11.9 Å². The lowest BCUT2D eigenvalue weighted by molar-refractivity contribution is 0.507. The summed E-state index contributed by atoms with van der Waals surface area (Å²) in [5, 5.41) is 0.502. The second-order valence-electron chi connectivity index (χ2n) is 2.01. The van der Waals surface area contributed by atoms with Crippen molar-refractivity contribution in [3.8, 4) is 0 Å². The van der Waals surface area contributed by atoms with E-state index in [0.717, 1.165) is 12.8 Å². The topological polar surface area (TPSA) is 37.3 Å². The molecule has 0 fully saturated rings. The Morgan fingerprint density at radius 3 is 2.67 bits per heavy atom. The largest absolute Gasteiger partial charge is 0.343 e. The highest BCUT2D eigenvalue weighted by Crippen LogP contribution is 2.28. The summed E-state index contributed by atoms with van der Waals surface area (Å²) in [6.07, 6.45) is 2.72. The van der Waals surface area contributed by atoms with Crippen LogP contribution in [0.25, 0.3) is 0 Å². The number of rotatable bonds is 4. The molecule has 1 unspecified atom stereocenters. The molecule has 0 saturated carbocycles. The number of hydrogen-bond acceptors (Lipinski definition) is 1. The predicted octanol–water partition coefficient (Wildman–Crippen LogP) is 2.16. The maximum Gasteiger partial charge on any atom is 0.213 e. The molecule has 0 saturated heterocycles. The van der Waals surface area contributed by atoms with Crippen LogP contribution in [0.4, 0.5) is 0 Å². The van der Waals surface area contributed by atoms with Crippen LogP contribution in [-0.4, -0.2) is 4.89 Å². The summed E-state index contributed by atoms with van der Waals surface area (Å²) in [6.45, 7) is 5.52. The van der Waals surface area contributed by atoms with Crippen molar-refractivity contribution in [1.82, 2.24) is 0 Å². The Labute approximate surface area is 56.5 Å². The van der Waals surface area contributed by atoms with Crippen LogP contribution >= 0.6 is 8.03 Å². The summed E-state index contributed by atoms with van der Waals surface area (Å²) in [7, 11) is -2.43. The monoisotopic (exact) mass is 148 g/mol. The van der Waals surface area contributed by atoms with Gasteiger partial charge in [0.2, 0.25) is 8.03 Å². The van der Waals surface area contributed by atoms with Gasteiger partial charge in [0, 0.05) is 5.31 Å². The van der Waals surface area contributed by atoms with E-state index in [0.29, 0.717) is 11.7 Å². The predicted molar refractivity (Wildman–Crippen MR) is 39.9 cm³/mol. The van der Waals surface area contributed by atoms with Gasteiger partial charge in [0.15, 0.2) is 0 Å². The van der Waals surface area contributed by atoms with Gasteiger partial charge in [-0.15, -0.1) is 0 Å². The molecule has 2 nitrogen and oxygen atoms in total. The molecule has 0 aromatic carbocycles. The third-order valence-corrected chi connectivity index (χ3v) is 1.99. The summed E-state index contributed by atoms with van der Waals surface area (Å²) in [5.41, 5.74) is 0. The molecule has 0 aromatic rings. The van der Waals surface area contributed by atoms with E-state index < -0.39 is 8.03 Å². The Bertz CT molecular complexity index is 120. The second-order valence-corrected chi connectivity index (χ2v) is 3.33. The van der Waals surface area contributed by atoms with E-state index in [-0.39, 0.29) is 0 Å². The zero-order valence-electron chi connectivity index (χ0n) is 5.68. The SMILES string of the molecule is C=C(CCCC)[PH](=O)O. The smallest absolute Gasteiger partial charge is 0.213 e.